The Morgan fingerprint density at radius 2 is 1.88 bits per heavy atom. The monoisotopic (exact) mass is 238 g/mol. The van der Waals surface area contributed by atoms with Crippen LogP contribution in [-0.4, -0.2) is 23.9 Å². The van der Waals surface area contributed by atoms with Crippen molar-refractivity contribution in [3.8, 4) is 0 Å². The SMILES string of the molecule is CCC1CCC(NC2CCC(=O)NC2=O)CC1. The van der Waals surface area contributed by atoms with Crippen molar-refractivity contribution in [1.29, 1.82) is 0 Å². The van der Waals surface area contributed by atoms with Crippen LogP contribution in [0.2, 0.25) is 0 Å². The molecule has 1 aliphatic heterocycles. The van der Waals surface area contributed by atoms with Crippen LogP contribution in [0, 0.1) is 5.92 Å². The van der Waals surface area contributed by atoms with Gasteiger partial charge in [0.05, 0.1) is 6.04 Å². The Morgan fingerprint density at radius 1 is 1.18 bits per heavy atom. The standard InChI is InChI=1S/C13H22N2O2/c1-2-9-3-5-10(6-4-9)14-11-7-8-12(16)15-13(11)17/h9-11,14H,2-8H2,1H3,(H,15,16,17). The highest BCUT2D eigenvalue weighted by Crippen LogP contribution is 2.27. The smallest absolute Gasteiger partial charge is 0.243 e. The lowest BCUT2D eigenvalue weighted by Crippen LogP contribution is -2.53. The summed E-state index contributed by atoms with van der Waals surface area (Å²) in [6.07, 6.45) is 7.24. The highest BCUT2D eigenvalue weighted by Gasteiger charge is 2.29. The van der Waals surface area contributed by atoms with E-state index in [1.54, 1.807) is 0 Å². The molecule has 0 aromatic rings. The molecule has 1 heterocycles. The molecule has 0 bridgehead atoms. The first-order chi connectivity index (χ1) is 8.19. The van der Waals surface area contributed by atoms with Crippen molar-refractivity contribution < 1.29 is 9.59 Å². The van der Waals surface area contributed by atoms with E-state index in [2.05, 4.69) is 17.6 Å². The maximum absolute atomic E-state index is 11.6. The number of hydrogen-bond donors (Lipinski definition) is 2. The van der Waals surface area contributed by atoms with Crippen LogP contribution in [0.25, 0.3) is 0 Å². The minimum Gasteiger partial charge on any atom is -0.303 e. The van der Waals surface area contributed by atoms with Gasteiger partial charge in [0.2, 0.25) is 11.8 Å². The van der Waals surface area contributed by atoms with Crippen molar-refractivity contribution in [3.63, 3.8) is 0 Å². The van der Waals surface area contributed by atoms with Crippen LogP contribution in [0.1, 0.15) is 51.9 Å². The zero-order valence-electron chi connectivity index (χ0n) is 10.5. The molecule has 1 saturated carbocycles. The third-order valence-corrected chi connectivity index (χ3v) is 4.10. The van der Waals surface area contributed by atoms with E-state index in [1.807, 2.05) is 0 Å². The third kappa shape index (κ3) is 3.28. The summed E-state index contributed by atoms with van der Waals surface area (Å²) in [6, 6.07) is 0.303. The molecule has 17 heavy (non-hydrogen) atoms. The zero-order chi connectivity index (χ0) is 12.3. The Labute approximate surface area is 103 Å². The summed E-state index contributed by atoms with van der Waals surface area (Å²) in [6.45, 7) is 2.25. The predicted molar refractivity (Wildman–Crippen MR) is 65.3 cm³/mol. The fraction of sp³-hybridized carbons (Fsp3) is 0.846. The molecule has 2 aliphatic rings. The maximum atomic E-state index is 11.6. The van der Waals surface area contributed by atoms with E-state index < -0.39 is 0 Å². The molecule has 4 heteroatoms. The first-order valence-corrected chi connectivity index (χ1v) is 6.78. The number of piperidine rings is 1. The molecule has 1 saturated heterocycles. The normalized spacial score (nSPS) is 34.5. The molecule has 2 rings (SSSR count). The van der Waals surface area contributed by atoms with Gasteiger partial charge in [-0.15, -0.1) is 0 Å². The van der Waals surface area contributed by atoms with Crippen LogP contribution < -0.4 is 10.6 Å². The van der Waals surface area contributed by atoms with Gasteiger partial charge in [0.25, 0.3) is 0 Å². The van der Waals surface area contributed by atoms with Crippen LogP contribution in [-0.2, 0) is 9.59 Å². The predicted octanol–water partition coefficient (Wildman–Crippen LogP) is 1.35. The van der Waals surface area contributed by atoms with Crippen molar-refractivity contribution in [2.24, 2.45) is 5.92 Å². The zero-order valence-corrected chi connectivity index (χ0v) is 10.5. The summed E-state index contributed by atoms with van der Waals surface area (Å²) in [7, 11) is 0. The van der Waals surface area contributed by atoms with E-state index in [1.165, 1.54) is 19.3 Å². The lowest BCUT2D eigenvalue weighted by atomic mass is 9.84. The maximum Gasteiger partial charge on any atom is 0.243 e. The Kier molecular flexibility index (Phi) is 4.15. The second-order valence-electron chi connectivity index (χ2n) is 5.30. The molecule has 96 valence electrons. The molecule has 2 fully saturated rings. The fourth-order valence-electron chi connectivity index (χ4n) is 2.87. The van der Waals surface area contributed by atoms with Crippen LogP contribution in [0.4, 0.5) is 0 Å². The van der Waals surface area contributed by atoms with E-state index >= 15 is 0 Å². The molecule has 0 aromatic heterocycles. The van der Waals surface area contributed by atoms with Crippen LogP contribution >= 0.6 is 0 Å². The van der Waals surface area contributed by atoms with Gasteiger partial charge >= 0.3 is 0 Å². The second-order valence-corrected chi connectivity index (χ2v) is 5.30. The van der Waals surface area contributed by atoms with Gasteiger partial charge in [0, 0.05) is 12.5 Å². The first-order valence-electron chi connectivity index (χ1n) is 6.78. The number of nitrogens with one attached hydrogen (secondary N) is 2. The van der Waals surface area contributed by atoms with E-state index in [4.69, 9.17) is 0 Å². The lowest BCUT2D eigenvalue weighted by Gasteiger charge is -2.32. The summed E-state index contributed by atoms with van der Waals surface area (Å²) < 4.78 is 0. The van der Waals surface area contributed by atoms with Crippen molar-refractivity contribution in [1.82, 2.24) is 10.6 Å². The summed E-state index contributed by atoms with van der Waals surface area (Å²) in [4.78, 5) is 22.6. The van der Waals surface area contributed by atoms with Crippen LogP contribution in [0.5, 0.6) is 0 Å². The summed E-state index contributed by atoms with van der Waals surface area (Å²) in [5.41, 5.74) is 0. The van der Waals surface area contributed by atoms with Gasteiger partial charge in [-0.2, -0.15) is 0 Å². The molecule has 2 amide bonds. The van der Waals surface area contributed by atoms with Gasteiger partial charge in [-0.3, -0.25) is 14.9 Å². The topological polar surface area (TPSA) is 58.2 Å². The number of hydrogen-bond acceptors (Lipinski definition) is 3. The Bertz CT molecular complexity index is 296. The molecule has 1 unspecified atom stereocenters. The molecule has 2 N–H and O–H groups in total. The average Bonchev–Trinajstić information content (AvgIpc) is 2.34. The molecule has 4 nitrogen and oxygen atoms in total. The minimum absolute atomic E-state index is 0.136. The van der Waals surface area contributed by atoms with Gasteiger partial charge in [0.15, 0.2) is 0 Å². The molecular formula is C13H22N2O2. The quantitative estimate of drug-likeness (QED) is 0.730. The highest BCUT2D eigenvalue weighted by molar-refractivity contribution is 6.00. The summed E-state index contributed by atoms with van der Waals surface area (Å²) in [5.74, 6) is 0.594. The summed E-state index contributed by atoms with van der Waals surface area (Å²) in [5, 5.41) is 5.81. The number of rotatable bonds is 3. The van der Waals surface area contributed by atoms with Crippen molar-refractivity contribution in [2.45, 2.75) is 64.0 Å². The van der Waals surface area contributed by atoms with Crippen molar-refractivity contribution >= 4 is 11.8 Å². The first kappa shape index (κ1) is 12.6. The van der Waals surface area contributed by atoms with Crippen LogP contribution in [0.3, 0.4) is 0 Å². The van der Waals surface area contributed by atoms with E-state index in [0.29, 0.717) is 18.9 Å². The van der Waals surface area contributed by atoms with Gasteiger partial charge in [0.1, 0.15) is 0 Å². The third-order valence-electron chi connectivity index (χ3n) is 4.10. The summed E-state index contributed by atoms with van der Waals surface area (Å²) >= 11 is 0. The highest BCUT2D eigenvalue weighted by atomic mass is 16.2. The Morgan fingerprint density at radius 3 is 2.47 bits per heavy atom. The van der Waals surface area contributed by atoms with Gasteiger partial charge < -0.3 is 5.32 Å². The molecule has 1 aliphatic carbocycles. The largest absolute Gasteiger partial charge is 0.303 e. The molecule has 0 radical (unpaired) electrons. The molecular weight excluding hydrogens is 216 g/mol. The van der Waals surface area contributed by atoms with Gasteiger partial charge in [-0.25, -0.2) is 0 Å². The number of imide groups is 1. The minimum atomic E-state index is -0.157. The van der Waals surface area contributed by atoms with Crippen LogP contribution in [0.15, 0.2) is 0 Å². The molecule has 0 aromatic carbocycles. The van der Waals surface area contributed by atoms with Crippen molar-refractivity contribution in [3.05, 3.63) is 0 Å². The average molecular weight is 238 g/mol. The van der Waals surface area contributed by atoms with Crippen molar-refractivity contribution in [2.75, 3.05) is 0 Å². The molecule has 1 atom stereocenters. The van der Waals surface area contributed by atoms with Gasteiger partial charge in [-0.1, -0.05) is 13.3 Å². The Balaban J connectivity index is 1.78. The fourth-order valence-corrected chi connectivity index (χ4v) is 2.87. The number of carbonyl (C=O) groups excluding carboxylic acids is 2. The second kappa shape index (κ2) is 5.63. The Hall–Kier alpha value is -0.900. The van der Waals surface area contributed by atoms with E-state index in [9.17, 15) is 9.59 Å². The number of amides is 2. The molecule has 0 spiro atoms. The van der Waals surface area contributed by atoms with Gasteiger partial charge in [-0.05, 0) is 38.0 Å². The van der Waals surface area contributed by atoms with E-state index in [0.717, 1.165) is 18.8 Å². The van der Waals surface area contributed by atoms with E-state index in [-0.39, 0.29) is 17.9 Å². The number of carbonyl (C=O) groups is 2. The lowest BCUT2D eigenvalue weighted by molar-refractivity contribution is -0.134.